The summed E-state index contributed by atoms with van der Waals surface area (Å²) in [6.45, 7) is 0. The molecule has 0 fully saturated rings. The van der Waals surface area contributed by atoms with Crippen molar-refractivity contribution < 1.29 is 19.4 Å². The zero-order chi connectivity index (χ0) is 30.1. The summed E-state index contributed by atoms with van der Waals surface area (Å²) in [5, 5.41) is 28.0. The lowest BCUT2D eigenvalue weighted by Crippen LogP contribution is -2.11. The first-order chi connectivity index (χ1) is 20.7. The van der Waals surface area contributed by atoms with Crippen LogP contribution in [0.25, 0.3) is 20.4 Å². The van der Waals surface area contributed by atoms with Crippen LogP contribution in [0.2, 0.25) is 0 Å². The zero-order valence-electron chi connectivity index (χ0n) is 21.8. The van der Waals surface area contributed by atoms with Crippen LogP contribution in [0, 0.1) is 20.2 Å². The number of rotatable bonds is 8. The Labute approximate surface area is 250 Å². The first kappa shape index (κ1) is 27.6. The van der Waals surface area contributed by atoms with E-state index in [2.05, 4.69) is 20.6 Å². The van der Waals surface area contributed by atoms with E-state index in [-0.39, 0.29) is 22.5 Å². The van der Waals surface area contributed by atoms with Gasteiger partial charge in [-0.15, -0.1) is 0 Å². The molecular formula is C29H18N6O6S2. The molecule has 43 heavy (non-hydrogen) atoms. The molecular weight excluding hydrogens is 592 g/mol. The maximum absolute atomic E-state index is 12.6. The van der Waals surface area contributed by atoms with Gasteiger partial charge in [-0.2, -0.15) is 0 Å². The lowest BCUT2D eigenvalue weighted by molar-refractivity contribution is -0.385. The predicted molar refractivity (Wildman–Crippen MR) is 164 cm³/mol. The van der Waals surface area contributed by atoms with Gasteiger partial charge < -0.3 is 0 Å². The lowest BCUT2D eigenvalue weighted by Gasteiger charge is -2.02. The lowest BCUT2D eigenvalue weighted by atomic mass is 10.0. The van der Waals surface area contributed by atoms with E-state index in [1.165, 1.54) is 71.2 Å². The number of thiazole rings is 2. The summed E-state index contributed by atoms with van der Waals surface area (Å²) in [5.74, 6) is -0.814. The van der Waals surface area contributed by atoms with Crippen LogP contribution in [-0.4, -0.2) is 31.6 Å². The molecule has 2 aromatic heterocycles. The Balaban J connectivity index is 1.13. The Morgan fingerprint density at radius 2 is 1.02 bits per heavy atom. The van der Waals surface area contributed by atoms with E-state index in [1.807, 2.05) is 36.4 Å². The number of hydrogen-bond donors (Lipinski definition) is 2. The maximum atomic E-state index is 12.6. The van der Waals surface area contributed by atoms with Crippen LogP contribution in [0.5, 0.6) is 0 Å². The molecule has 12 nitrogen and oxygen atoms in total. The maximum Gasteiger partial charge on any atom is 0.269 e. The largest absolute Gasteiger partial charge is 0.298 e. The summed E-state index contributed by atoms with van der Waals surface area (Å²) in [6, 6.07) is 22.5. The number of hydrogen-bond acceptors (Lipinski definition) is 10. The van der Waals surface area contributed by atoms with Crippen molar-refractivity contribution in [2.75, 3.05) is 10.6 Å². The molecule has 14 heteroatoms. The number of benzene rings is 4. The number of carbonyl (C=O) groups is 2. The molecule has 0 bridgehead atoms. The van der Waals surface area contributed by atoms with E-state index < -0.39 is 21.7 Å². The van der Waals surface area contributed by atoms with Crippen LogP contribution in [0.3, 0.4) is 0 Å². The quantitative estimate of drug-likeness (QED) is 0.140. The molecule has 2 heterocycles. The summed E-state index contributed by atoms with van der Waals surface area (Å²) >= 11 is 2.66. The van der Waals surface area contributed by atoms with Crippen LogP contribution in [-0.2, 0) is 6.42 Å². The number of anilines is 2. The molecule has 0 saturated carbocycles. The highest BCUT2D eigenvalue weighted by atomic mass is 32.1. The van der Waals surface area contributed by atoms with Crippen molar-refractivity contribution in [3.8, 4) is 0 Å². The van der Waals surface area contributed by atoms with E-state index in [9.17, 15) is 29.8 Å². The highest BCUT2D eigenvalue weighted by Crippen LogP contribution is 2.30. The van der Waals surface area contributed by atoms with Crippen molar-refractivity contribution in [2.45, 2.75) is 6.42 Å². The Kier molecular flexibility index (Phi) is 7.27. The van der Waals surface area contributed by atoms with Crippen molar-refractivity contribution in [1.29, 1.82) is 0 Å². The normalized spacial score (nSPS) is 11.0. The fourth-order valence-corrected chi connectivity index (χ4v) is 6.16. The number of aromatic nitrogens is 2. The third kappa shape index (κ3) is 6.05. The van der Waals surface area contributed by atoms with Crippen LogP contribution >= 0.6 is 22.7 Å². The molecule has 2 N–H and O–H groups in total. The van der Waals surface area contributed by atoms with Crippen LogP contribution in [0.1, 0.15) is 31.8 Å². The van der Waals surface area contributed by atoms with Gasteiger partial charge in [-0.3, -0.25) is 40.5 Å². The first-order valence-corrected chi connectivity index (χ1v) is 14.3. The van der Waals surface area contributed by atoms with E-state index in [0.29, 0.717) is 16.7 Å². The number of carbonyl (C=O) groups excluding carboxylic acids is 2. The highest BCUT2D eigenvalue weighted by molar-refractivity contribution is 7.22. The Morgan fingerprint density at radius 3 is 1.40 bits per heavy atom. The van der Waals surface area contributed by atoms with Crippen LogP contribution < -0.4 is 10.6 Å². The number of fused-ring (bicyclic) bond motifs is 2. The number of non-ortho nitro benzene ring substituents is 2. The molecule has 0 aliphatic rings. The SMILES string of the molecule is O=C(Nc1nc2ccc(Cc3ccc4nc(NC(=O)c5ccc([N+](=O)[O-])cc5)sc4c3)cc2s1)c1ccc([N+](=O)[O-])cc1. The minimum Gasteiger partial charge on any atom is -0.298 e. The fraction of sp³-hybridized carbons (Fsp3) is 0.0345. The number of nitrogens with one attached hydrogen (secondary N) is 2. The summed E-state index contributed by atoms with van der Waals surface area (Å²) in [7, 11) is 0. The second-order valence-corrected chi connectivity index (χ2v) is 11.4. The molecule has 212 valence electrons. The Bertz CT molecular complexity index is 1910. The van der Waals surface area contributed by atoms with Gasteiger partial charge in [0, 0.05) is 35.4 Å². The van der Waals surface area contributed by atoms with Gasteiger partial charge in [0.1, 0.15) is 0 Å². The topological polar surface area (TPSA) is 170 Å². The molecule has 0 saturated heterocycles. The van der Waals surface area contributed by atoms with Crippen LogP contribution in [0.4, 0.5) is 21.6 Å². The second kappa shape index (κ2) is 11.3. The summed E-state index contributed by atoms with van der Waals surface area (Å²) in [6.07, 6.45) is 0.636. The standard InChI is InChI=1S/C29H18N6O6S2/c36-26(18-3-7-20(8-4-18)34(38)39)32-28-30-22-11-1-16(14-24(22)42-28)13-17-2-12-23-25(15-17)43-29(31-23)33-27(37)19-5-9-21(10-6-19)35(40)41/h1-12,14-15H,13H2,(H,30,32,36)(H,31,33,37). The monoisotopic (exact) mass is 610 g/mol. The van der Waals surface area contributed by atoms with Crippen LogP contribution in [0.15, 0.2) is 84.9 Å². The van der Waals surface area contributed by atoms with Crippen molar-refractivity contribution in [3.05, 3.63) is 127 Å². The Morgan fingerprint density at radius 1 is 0.628 bits per heavy atom. The van der Waals surface area contributed by atoms with E-state index in [4.69, 9.17) is 0 Å². The van der Waals surface area contributed by atoms with Crippen molar-refractivity contribution in [1.82, 2.24) is 9.97 Å². The van der Waals surface area contributed by atoms with Gasteiger partial charge in [0.15, 0.2) is 10.3 Å². The van der Waals surface area contributed by atoms with Gasteiger partial charge in [-0.1, -0.05) is 34.8 Å². The third-order valence-corrected chi connectivity index (χ3v) is 8.30. The molecule has 0 aliphatic carbocycles. The van der Waals surface area contributed by atoms with Gasteiger partial charge >= 0.3 is 0 Å². The highest BCUT2D eigenvalue weighted by Gasteiger charge is 2.14. The van der Waals surface area contributed by atoms with E-state index in [0.717, 1.165) is 31.6 Å². The summed E-state index contributed by atoms with van der Waals surface area (Å²) < 4.78 is 1.79. The van der Waals surface area contributed by atoms with Gasteiger partial charge in [-0.05, 0) is 66.1 Å². The minimum absolute atomic E-state index is 0.0922. The number of nitro groups is 2. The van der Waals surface area contributed by atoms with Crippen molar-refractivity contribution in [2.24, 2.45) is 0 Å². The average molecular weight is 611 g/mol. The molecule has 6 aromatic rings. The minimum atomic E-state index is -0.522. The number of nitro benzene ring substituents is 2. The van der Waals surface area contributed by atoms with Crippen molar-refractivity contribution in [3.63, 3.8) is 0 Å². The summed E-state index contributed by atoms with van der Waals surface area (Å²) in [4.78, 5) is 54.8. The molecule has 6 rings (SSSR count). The molecule has 0 atom stereocenters. The molecule has 0 aliphatic heterocycles. The first-order valence-electron chi connectivity index (χ1n) is 12.6. The smallest absolute Gasteiger partial charge is 0.269 e. The van der Waals surface area contributed by atoms with E-state index >= 15 is 0 Å². The van der Waals surface area contributed by atoms with Gasteiger partial charge in [-0.25, -0.2) is 9.97 Å². The number of nitrogens with zero attached hydrogens (tertiary/aromatic N) is 4. The molecule has 0 radical (unpaired) electrons. The second-order valence-electron chi connectivity index (χ2n) is 9.34. The predicted octanol–water partition coefficient (Wildman–Crippen LogP) is 6.82. The number of amides is 2. The molecule has 2 amide bonds. The zero-order valence-corrected chi connectivity index (χ0v) is 23.5. The third-order valence-electron chi connectivity index (χ3n) is 6.44. The average Bonchev–Trinajstić information content (AvgIpc) is 3.59. The van der Waals surface area contributed by atoms with Gasteiger partial charge in [0.25, 0.3) is 23.2 Å². The van der Waals surface area contributed by atoms with Gasteiger partial charge in [0.05, 0.1) is 30.3 Å². The summed E-state index contributed by atoms with van der Waals surface area (Å²) in [5.41, 5.74) is 3.95. The molecule has 0 spiro atoms. The van der Waals surface area contributed by atoms with Gasteiger partial charge in [0.2, 0.25) is 0 Å². The molecule has 4 aromatic carbocycles. The fourth-order valence-electron chi connectivity index (χ4n) is 4.31. The van der Waals surface area contributed by atoms with E-state index in [1.54, 1.807) is 0 Å². The molecule has 0 unspecified atom stereocenters. The Hall–Kier alpha value is -5.60. The van der Waals surface area contributed by atoms with Crippen molar-refractivity contribution >= 4 is 76.6 Å².